The number of carbonyl (C=O) groups is 1. The maximum Gasteiger partial charge on any atom is 0.233 e. The first-order valence-corrected chi connectivity index (χ1v) is 9.55. The van der Waals surface area contributed by atoms with Crippen LogP contribution in [0.4, 0.5) is 5.69 Å². The van der Waals surface area contributed by atoms with Gasteiger partial charge in [-0.1, -0.05) is 41.9 Å². The first kappa shape index (κ1) is 16.3. The Bertz CT molecular complexity index is 904. The molecule has 0 bridgehead atoms. The predicted octanol–water partition coefficient (Wildman–Crippen LogP) is 4.99. The molecule has 4 rings (SSSR count). The average molecular weight is 369 g/mol. The average Bonchev–Trinajstić information content (AvgIpc) is 3.10. The quantitative estimate of drug-likeness (QED) is 0.652. The van der Waals surface area contributed by atoms with Gasteiger partial charge in [0.25, 0.3) is 0 Å². The van der Waals surface area contributed by atoms with Crippen LogP contribution >= 0.6 is 22.9 Å². The van der Waals surface area contributed by atoms with Crippen LogP contribution in [-0.4, -0.2) is 17.4 Å². The third-order valence-corrected chi connectivity index (χ3v) is 5.58. The van der Waals surface area contributed by atoms with Gasteiger partial charge in [-0.25, -0.2) is 4.98 Å². The van der Waals surface area contributed by atoms with Gasteiger partial charge in [-0.15, -0.1) is 11.3 Å². The molecule has 0 N–H and O–H groups in total. The highest BCUT2D eigenvalue weighted by atomic mass is 35.5. The first-order chi connectivity index (χ1) is 12.2. The monoisotopic (exact) mass is 368 g/mol. The lowest BCUT2D eigenvalue weighted by atomic mass is 10.0. The summed E-state index contributed by atoms with van der Waals surface area (Å²) in [5.41, 5.74) is 4.15. The summed E-state index contributed by atoms with van der Waals surface area (Å²) < 4.78 is 0. The van der Waals surface area contributed by atoms with Crippen LogP contribution in [0, 0.1) is 0 Å². The van der Waals surface area contributed by atoms with E-state index in [0.717, 1.165) is 41.3 Å². The lowest BCUT2D eigenvalue weighted by Gasteiger charge is -2.29. The lowest BCUT2D eigenvalue weighted by molar-refractivity contribution is -0.118. The molecule has 3 aromatic rings. The zero-order valence-electron chi connectivity index (χ0n) is 13.6. The standard InChI is InChI=1S/C20H17ClN2OS/c21-16-9-7-15(8-10-16)20-22-17(13-25-20)12-19(24)23-11-3-5-14-4-1-2-6-18(14)23/h1-2,4,6-10,13H,3,5,11-12H2. The second-order valence-corrected chi connectivity index (χ2v) is 7.40. The Kier molecular flexibility index (Phi) is 4.55. The van der Waals surface area contributed by atoms with Crippen molar-refractivity contribution in [2.24, 2.45) is 0 Å². The van der Waals surface area contributed by atoms with Crippen molar-refractivity contribution in [3.63, 3.8) is 0 Å². The Hall–Kier alpha value is -2.17. The van der Waals surface area contributed by atoms with E-state index in [4.69, 9.17) is 11.6 Å². The Morgan fingerprint density at radius 3 is 2.80 bits per heavy atom. The molecular formula is C20H17ClN2OS. The number of thiazole rings is 1. The van der Waals surface area contributed by atoms with Crippen LogP contribution in [-0.2, 0) is 17.6 Å². The number of rotatable bonds is 3. The molecule has 1 aliphatic heterocycles. The minimum Gasteiger partial charge on any atom is -0.312 e. The summed E-state index contributed by atoms with van der Waals surface area (Å²) in [5.74, 6) is 0.111. The van der Waals surface area contributed by atoms with Gasteiger partial charge in [0, 0.05) is 28.2 Å². The Morgan fingerprint density at radius 1 is 1.16 bits per heavy atom. The van der Waals surface area contributed by atoms with Gasteiger partial charge in [0.1, 0.15) is 5.01 Å². The Morgan fingerprint density at radius 2 is 1.96 bits per heavy atom. The molecule has 0 spiro atoms. The summed E-state index contributed by atoms with van der Waals surface area (Å²) >= 11 is 7.49. The van der Waals surface area contributed by atoms with Gasteiger partial charge >= 0.3 is 0 Å². The largest absolute Gasteiger partial charge is 0.312 e. The predicted molar refractivity (Wildman–Crippen MR) is 103 cm³/mol. The number of hydrogen-bond donors (Lipinski definition) is 0. The van der Waals surface area contributed by atoms with Crippen LogP contribution in [0.2, 0.25) is 5.02 Å². The van der Waals surface area contributed by atoms with Crippen molar-refractivity contribution in [1.82, 2.24) is 4.98 Å². The van der Waals surface area contributed by atoms with E-state index in [1.807, 2.05) is 52.7 Å². The summed E-state index contributed by atoms with van der Waals surface area (Å²) in [5, 5.41) is 3.59. The molecule has 5 heteroatoms. The van der Waals surface area contributed by atoms with E-state index < -0.39 is 0 Å². The van der Waals surface area contributed by atoms with E-state index in [-0.39, 0.29) is 5.91 Å². The van der Waals surface area contributed by atoms with Crippen LogP contribution in [0.3, 0.4) is 0 Å². The Balaban J connectivity index is 1.52. The number of aryl methyl sites for hydroxylation is 1. The highest BCUT2D eigenvalue weighted by Crippen LogP contribution is 2.28. The summed E-state index contributed by atoms with van der Waals surface area (Å²) in [6.07, 6.45) is 2.38. The molecule has 0 aliphatic carbocycles. The van der Waals surface area contributed by atoms with E-state index in [0.29, 0.717) is 11.4 Å². The van der Waals surface area contributed by atoms with Crippen molar-refractivity contribution >= 4 is 34.5 Å². The number of aromatic nitrogens is 1. The second-order valence-electron chi connectivity index (χ2n) is 6.11. The third-order valence-electron chi connectivity index (χ3n) is 4.39. The van der Waals surface area contributed by atoms with E-state index in [1.165, 1.54) is 5.56 Å². The SMILES string of the molecule is O=C(Cc1csc(-c2ccc(Cl)cc2)n1)N1CCCc2ccccc21. The van der Waals surface area contributed by atoms with Crippen molar-refractivity contribution in [3.8, 4) is 10.6 Å². The number of para-hydroxylation sites is 1. The fraction of sp³-hybridized carbons (Fsp3) is 0.200. The van der Waals surface area contributed by atoms with E-state index >= 15 is 0 Å². The number of benzene rings is 2. The van der Waals surface area contributed by atoms with Gasteiger partial charge in [0.2, 0.25) is 5.91 Å². The van der Waals surface area contributed by atoms with E-state index in [9.17, 15) is 4.79 Å². The normalized spacial score (nSPS) is 13.6. The van der Waals surface area contributed by atoms with Gasteiger partial charge in [-0.2, -0.15) is 0 Å². The lowest BCUT2D eigenvalue weighted by Crippen LogP contribution is -2.36. The number of amides is 1. The molecule has 126 valence electrons. The molecule has 0 saturated heterocycles. The number of anilines is 1. The molecule has 25 heavy (non-hydrogen) atoms. The molecular weight excluding hydrogens is 352 g/mol. The highest BCUT2D eigenvalue weighted by Gasteiger charge is 2.22. The van der Waals surface area contributed by atoms with Gasteiger partial charge in [0.15, 0.2) is 0 Å². The number of hydrogen-bond acceptors (Lipinski definition) is 3. The summed E-state index contributed by atoms with van der Waals surface area (Å²) in [6, 6.07) is 15.8. The van der Waals surface area contributed by atoms with Gasteiger partial charge in [0.05, 0.1) is 12.1 Å². The summed E-state index contributed by atoms with van der Waals surface area (Å²) in [4.78, 5) is 19.3. The second kappa shape index (κ2) is 6.98. The van der Waals surface area contributed by atoms with Gasteiger partial charge in [-0.3, -0.25) is 4.79 Å². The van der Waals surface area contributed by atoms with Gasteiger partial charge in [-0.05, 0) is 36.6 Å². The molecule has 2 aromatic carbocycles. The number of fused-ring (bicyclic) bond motifs is 1. The van der Waals surface area contributed by atoms with Crippen LogP contribution in [0.15, 0.2) is 53.9 Å². The fourth-order valence-corrected chi connectivity index (χ4v) is 4.11. The highest BCUT2D eigenvalue weighted by molar-refractivity contribution is 7.13. The van der Waals surface area contributed by atoms with Crippen molar-refractivity contribution < 1.29 is 4.79 Å². The van der Waals surface area contributed by atoms with Crippen molar-refractivity contribution in [1.29, 1.82) is 0 Å². The molecule has 1 amide bonds. The molecule has 0 saturated carbocycles. The van der Waals surface area contributed by atoms with Crippen LogP contribution in [0.1, 0.15) is 17.7 Å². The first-order valence-electron chi connectivity index (χ1n) is 8.29. The van der Waals surface area contributed by atoms with E-state index in [1.54, 1.807) is 11.3 Å². The van der Waals surface area contributed by atoms with E-state index in [2.05, 4.69) is 11.1 Å². The van der Waals surface area contributed by atoms with Crippen LogP contribution < -0.4 is 4.90 Å². The molecule has 1 aliphatic rings. The molecule has 0 atom stereocenters. The summed E-state index contributed by atoms with van der Waals surface area (Å²) in [7, 11) is 0. The zero-order chi connectivity index (χ0) is 17.2. The third kappa shape index (κ3) is 3.46. The fourth-order valence-electron chi connectivity index (χ4n) is 3.16. The zero-order valence-corrected chi connectivity index (χ0v) is 15.2. The van der Waals surface area contributed by atoms with Crippen molar-refractivity contribution in [3.05, 3.63) is 70.2 Å². The molecule has 0 fully saturated rings. The number of nitrogens with zero attached hydrogens (tertiary/aromatic N) is 2. The van der Waals surface area contributed by atoms with Crippen LogP contribution in [0.25, 0.3) is 10.6 Å². The van der Waals surface area contributed by atoms with Gasteiger partial charge < -0.3 is 4.90 Å². The molecule has 3 nitrogen and oxygen atoms in total. The van der Waals surface area contributed by atoms with Crippen molar-refractivity contribution in [2.75, 3.05) is 11.4 Å². The maximum atomic E-state index is 12.8. The minimum absolute atomic E-state index is 0.111. The van der Waals surface area contributed by atoms with Crippen molar-refractivity contribution in [2.45, 2.75) is 19.3 Å². The molecule has 2 heterocycles. The van der Waals surface area contributed by atoms with Crippen LogP contribution in [0.5, 0.6) is 0 Å². The number of halogens is 1. The number of carbonyl (C=O) groups excluding carboxylic acids is 1. The molecule has 0 radical (unpaired) electrons. The Labute approximate surface area is 155 Å². The molecule has 0 unspecified atom stereocenters. The topological polar surface area (TPSA) is 33.2 Å². The smallest absolute Gasteiger partial charge is 0.233 e. The minimum atomic E-state index is 0.111. The maximum absolute atomic E-state index is 12.8. The molecule has 1 aromatic heterocycles. The summed E-state index contributed by atoms with van der Waals surface area (Å²) in [6.45, 7) is 0.782.